The van der Waals surface area contributed by atoms with E-state index < -0.39 is 30.6 Å². The number of hydrogen-bond donors (Lipinski definition) is 1. The number of ether oxygens (including phenoxy) is 5. The average Bonchev–Trinajstić information content (AvgIpc) is 3.15. The van der Waals surface area contributed by atoms with Crippen molar-refractivity contribution in [2.45, 2.75) is 57.1 Å². The van der Waals surface area contributed by atoms with E-state index in [1.165, 1.54) is 0 Å². The van der Waals surface area contributed by atoms with E-state index in [1.54, 1.807) is 12.1 Å². The number of benzene rings is 5. The van der Waals surface area contributed by atoms with Crippen LogP contribution in [0.15, 0.2) is 152 Å². The van der Waals surface area contributed by atoms with Gasteiger partial charge >= 0.3 is 0 Å². The Hall–Kier alpha value is -4.63. The molecule has 0 bridgehead atoms. The van der Waals surface area contributed by atoms with E-state index in [1.807, 2.05) is 140 Å². The fraction of sp³-hybridized carbons (Fsp3) is 0.244. The maximum absolute atomic E-state index is 13.6. The van der Waals surface area contributed by atoms with Gasteiger partial charge in [0.2, 0.25) is 0 Å². The van der Waals surface area contributed by atoms with Crippen LogP contribution in [0.2, 0.25) is 0 Å². The molecule has 1 amide bonds. The van der Waals surface area contributed by atoms with Crippen molar-refractivity contribution in [3.8, 4) is 0 Å². The second kappa shape index (κ2) is 17.5. The van der Waals surface area contributed by atoms with E-state index in [-0.39, 0.29) is 12.5 Å². The molecule has 246 valence electrons. The standard InChI is InChI=1S/C41H41NO6/c43-40(35-24-14-5-15-25-35)42-41-39(47-29-34-22-12-4-13-23-34)38(46-28-33-20-10-3-11-21-33)37(45-27-32-18-8-2-9-19-32)36(48-41)30-44-26-31-16-6-1-7-17-31/h1-25,36-39,41H,26-30H2,(H,42,43)/t36-,37+,38+,39-,41+/m1/s1. The SMILES string of the molecule is O=C(N[C@H]1O[C@H](COCc2ccccc2)[C@H](OCc2ccccc2)[C@H](OCc2ccccc2)[C@H]1OCc1ccccc1)c1ccccc1. The van der Waals surface area contributed by atoms with Gasteiger partial charge in [-0.15, -0.1) is 0 Å². The zero-order valence-electron chi connectivity index (χ0n) is 26.8. The maximum Gasteiger partial charge on any atom is 0.253 e. The van der Waals surface area contributed by atoms with Crippen LogP contribution in [0.25, 0.3) is 0 Å². The van der Waals surface area contributed by atoms with Gasteiger partial charge in [-0.3, -0.25) is 4.79 Å². The molecule has 5 aromatic carbocycles. The molecule has 0 radical (unpaired) electrons. The van der Waals surface area contributed by atoms with Gasteiger partial charge in [0.05, 0.1) is 33.0 Å². The molecule has 0 aliphatic carbocycles. The van der Waals surface area contributed by atoms with Crippen LogP contribution in [0.4, 0.5) is 0 Å². The summed E-state index contributed by atoms with van der Waals surface area (Å²) in [5, 5.41) is 3.10. The second-order valence-electron chi connectivity index (χ2n) is 11.7. The Morgan fingerprint density at radius 3 is 1.38 bits per heavy atom. The van der Waals surface area contributed by atoms with Crippen molar-refractivity contribution in [3.63, 3.8) is 0 Å². The van der Waals surface area contributed by atoms with Crippen molar-refractivity contribution in [2.75, 3.05) is 6.61 Å². The lowest BCUT2D eigenvalue weighted by Gasteiger charge is -2.46. The normalized spacial score (nSPS) is 20.6. The van der Waals surface area contributed by atoms with E-state index in [4.69, 9.17) is 23.7 Å². The fourth-order valence-corrected chi connectivity index (χ4v) is 5.71. The van der Waals surface area contributed by atoms with Gasteiger partial charge in [-0.2, -0.15) is 0 Å². The molecule has 0 aromatic heterocycles. The Bertz CT molecular complexity index is 1640. The highest BCUT2D eigenvalue weighted by molar-refractivity contribution is 5.94. The van der Waals surface area contributed by atoms with Gasteiger partial charge in [-0.1, -0.05) is 140 Å². The van der Waals surface area contributed by atoms with Gasteiger partial charge in [0.15, 0.2) is 6.23 Å². The van der Waals surface area contributed by atoms with Crippen LogP contribution in [0.1, 0.15) is 32.6 Å². The Kier molecular flexibility index (Phi) is 12.1. The molecule has 7 heteroatoms. The summed E-state index contributed by atoms with van der Waals surface area (Å²) in [5.41, 5.74) is 4.58. The van der Waals surface area contributed by atoms with E-state index in [9.17, 15) is 4.79 Å². The number of rotatable bonds is 15. The third kappa shape index (κ3) is 9.47. The molecule has 5 aromatic rings. The first kappa shape index (κ1) is 33.3. The summed E-state index contributed by atoms with van der Waals surface area (Å²) >= 11 is 0. The van der Waals surface area contributed by atoms with E-state index >= 15 is 0 Å². The topological polar surface area (TPSA) is 75.3 Å². The Morgan fingerprint density at radius 1 is 0.500 bits per heavy atom. The third-order valence-electron chi connectivity index (χ3n) is 8.19. The minimum Gasteiger partial charge on any atom is -0.374 e. The van der Waals surface area contributed by atoms with Gasteiger partial charge in [-0.25, -0.2) is 0 Å². The monoisotopic (exact) mass is 643 g/mol. The Balaban J connectivity index is 1.32. The zero-order chi connectivity index (χ0) is 32.8. The summed E-state index contributed by atoms with van der Waals surface area (Å²) in [7, 11) is 0. The minimum atomic E-state index is -0.857. The van der Waals surface area contributed by atoms with Crippen LogP contribution in [0.5, 0.6) is 0 Å². The second-order valence-corrected chi connectivity index (χ2v) is 11.7. The number of nitrogens with one attached hydrogen (secondary N) is 1. The molecular formula is C41H41NO6. The fourth-order valence-electron chi connectivity index (χ4n) is 5.71. The van der Waals surface area contributed by atoms with Crippen LogP contribution >= 0.6 is 0 Å². The van der Waals surface area contributed by atoms with Crippen molar-refractivity contribution >= 4 is 5.91 Å². The lowest BCUT2D eigenvalue weighted by atomic mass is 9.96. The molecule has 0 saturated carbocycles. The highest BCUT2D eigenvalue weighted by Crippen LogP contribution is 2.30. The van der Waals surface area contributed by atoms with Crippen LogP contribution in [0.3, 0.4) is 0 Å². The molecule has 1 heterocycles. The lowest BCUT2D eigenvalue weighted by Crippen LogP contribution is -2.65. The quantitative estimate of drug-likeness (QED) is 0.131. The molecule has 6 rings (SSSR count). The van der Waals surface area contributed by atoms with Crippen LogP contribution in [-0.4, -0.2) is 43.2 Å². The summed E-state index contributed by atoms with van der Waals surface area (Å²) in [6.07, 6.45) is -3.37. The molecule has 0 unspecified atom stereocenters. The van der Waals surface area contributed by atoms with E-state index in [2.05, 4.69) is 5.32 Å². The van der Waals surface area contributed by atoms with Gasteiger partial charge < -0.3 is 29.0 Å². The van der Waals surface area contributed by atoms with Crippen LogP contribution < -0.4 is 5.32 Å². The summed E-state index contributed by atoms with van der Waals surface area (Å²) in [5.74, 6) is -0.275. The van der Waals surface area contributed by atoms with Gasteiger partial charge in [-0.05, 0) is 34.4 Å². The smallest absolute Gasteiger partial charge is 0.253 e. The number of amides is 1. The minimum absolute atomic E-state index is 0.211. The predicted octanol–water partition coefficient (Wildman–Crippen LogP) is 7.11. The number of carbonyl (C=O) groups is 1. The van der Waals surface area contributed by atoms with Crippen LogP contribution in [0, 0.1) is 0 Å². The highest BCUT2D eigenvalue weighted by Gasteiger charge is 2.49. The Morgan fingerprint density at radius 2 is 0.896 bits per heavy atom. The van der Waals surface area contributed by atoms with Crippen molar-refractivity contribution in [3.05, 3.63) is 179 Å². The molecule has 48 heavy (non-hydrogen) atoms. The molecule has 1 N–H and O–H groups in total. The summed E-state index contributed by atoms with van der Waals surface area (Å²) < 4.78 is 33.0. The van der Waals surface area contributed by atoms with Crippen molar-refractivity contribution < 1.29 is 28.5 Å². The molecule has 7 nitrogen and oxygen atoms in total. The summed E-state index contributed by atoms with van der Waals surface area (Å²) in [6.45, 7) is 1.55. The molecule has 1 aliphatic rings. The first-order valence-corrected chi connectivity index (χ1v) is 16.3. The molecule has 1 fully saturated rings. The molecule has 1 aliphatic heterocycles. The molecule has 0 spiro atoms. The van der Waals surface area contributed by atoms with Crippen molar-refractivity contribution in [1.29, 1.82) is 0 Å². The largest absolute Gasteiger partial charge is 0.374 e. The van der Waals surface area contributed by atoms with Crippen LogP contribution in [-0.2, 0) is 50.1 Å². The summed E-state index contributed by atoms with van der Waals surface area (Å²) in [4.78, 5) is 13.6. The van der Waals surface area contributed by atoms with E-state index in [0.717, 1.165) is 22.3 Å². The van der Waals surface area contributed by atoms with Crippen molar-refractivity contribution in [2.24, 2.45) is 0 Å². The first-order chi connectivity index (χ1) is 23.7. The molecular weight excluding hydrogens is 602 g/mol. The predicted molar refractivity (Wildman–Crippen MR) is 184 cm³/mol. The van der Waals surface area contributed by atoms with Gasteiger partial charge in [0.1, 0.15) is 24.4 Å². The number of hydrogen-bond acceptors (Lipinski definition) is 6. The van der Waals surface area contributed by atoms with Gasteiger partial charge in [0.25, 0.3) is 5.91 Å². The number of carbonyl (C=O) groups excluding carboxylic acids is 1. The van der Waals surface area contributed by atoms with Gasteiger partial charge in [0, 0.05) is 5.56 Å². The van der Waals surface area contributed by atoms with E-state index in [0.29, 0.717) is 32.0 Å². The highest BCUT2D eigenvalue weighted by atomic mass is 16.6. The Labute approximate surface area is 282 Å². The third-order valence-corrected chi connectivity index (χ3v) is 8.19. The average molecular weight is 644 g/mol. The zero-order valence-corrected chi connectivity index (χ0v) is 26.8. The molecule has 5 atom stereocenters. The first-order valence-electron chi connectivity index (χ1n) is 16.3. The lowest BCUT2D eigenvalue weighted by molar-refractivity contribution is -0.276. The molecule has 1 saturated heterocycles. The maximum atomic E-state index is 13.6. The summed E-state index contributed by atoms with van der Waals surface area (Å²) in [6, 6.07) is 49.0. The van der Waals surface area contributed by atoms with Crippen molar-refractivity contribution in [1.82, 2.24) is 5.32 Å².